The van der Waals surface area contributed by atoms with Crippen LogP contribution in [0.5, 0.6) is 0 Å². The smallest absolute Gasteiger partial charge is 0.0813 e. The van der Waals surface area contributed by atoms with Crippen molar-refractivity contribution < 1.29 is 4.84 Å². The van der Waals surface area contributed by atoms with Crippen molar-refractivity contribution in [2.45, 2.75) is 51.7 Å². The summed E-state index contributed by atoms with van der Waals surface area (Å²) >= 11 is 0. The normalized spacial score (nSPS) is 20.9. The van der Waals surface area contributed by atoms with E-state index >= 15 is 0 Å². The lowest BCUT2D eigenvalue weighted by Gasteiger charge is -2.27. The molecule has 1 heterocycles. The number of hydrogen-bond acceptors (Lipinski definition) is 3. The number of fused-ring (bicyclic) bond motifs is 1. The first-order valence-electron chi connectivity index (χ1n) is 5.92. The van der Waals surface area contributed by atoms with Gasteiger partial charge in [0.15, 0.2) is 0 Å². The first-order valence-corrected chi connectivity index (χ1v) is 5.92. The summed E-state index contributed by atoms with van der Waals surface area (Å²) in [5, 5.41) is 4.31. The Morgan fingerprint density at radius 2 is 2.25 bits per heavy atom. The SMILES string of the molecule is Cn1ncc2c1CCCC2NOC(C)(C)C. The number of rotatable bonds is 2. The molecule has 4 heteroatoms. The molecule has 1 aromatic rings. The summed E-state index contributed by atoms with van der Waals surface area (Å²) in [5.41, 5.74) is 5.65. The third kappa shape index (κ3) is 2.44. The van der Waals surface area contributed by atoms with Gasteiger partial charge in [0.2, 0.25) is 0 Å². The summed E-state index contributed by atoms with van der Waals surface area (Å²) in [6.07, 6.45) is 5.39. The zero-order valence-corrected chi connectivity index (χ0v) is 10.6. The molecule has 0 saturated heterocycles. The van der Waals surface area contributed by atoms with E-state index in [0.29, 0.717) is 0 Å². The average molecular weight is 223 g/mol. The summed E-state index contributed by atoms with van der Waals surface area (Å²) in [6.45, 7) is 6.15. The van der Waals surface area contributed by atoms with E-state index in [1.54, 1.807) is 0 Å². The van der Waals surface area contributed by atoms with Crippen molar-refractivity contribution in [3.8, 4) is 0 Å². The van der Waals surface area contributed by atoms with Crippen molar-refractivity contribution in [1.82, 2.24) is 15.3 Å². The van der Waals surface area contributed by atoms with Crippen molar-refractivity contribution >= 4 is 0 Å². The minimum Gasteiger partial charge on any atom is -0.296 e. The lowest BCUT2D eigenvalue weighted by molar-refractivity contribution is -0.0912. The van der Waals surface area contributed by atoms with Crippen molar-refractivity contribution in [3.63, 3.8) is 0 Å². The molecule has 0 saturated carbocycles. The first-order chi connectivity index (χ1) is 7.47. The Morgan fingerprint density at radius 1 is 1.50 bits per heavy atom. The van der Waals surface area contributed by atoms with Gasteiger partial charge in [-0.1, -0.05) is 0 Å². The summed E-state index contributed by atoms with van der Waals surface area (Å²) in [7, 11) is 2.01. The van der Waals surface area contributed by atoms with Gasteiger partial charge in [-0.15, -0.1) is 0 Å². The van der Waals surface area contributed by atoms with Gasteiger partial charge in [-0.2, -0.15) is 10.6 Å². The molecule has 1 aromatic heterocycles. The fourth-order valence-corrected chi connectivity index (χ4v) is 2.08. The van der Waals surface area contributed by atoms with Crippen molar-refractivity contribution in [2.24, 2.45) is 7.05 Å². The standard InChI is InChI=1S/C12H21N3O/c1-12(2,3)16-14-10-6-5-7-11-9(10)8-13-15(11)4/h8,10,14H,5-7H2,1-4H3. The van der Waals surface area contributed by atoms with Gasteiger partial charge in [-0.25, -0.2) is 0 Å². The number of nitrogens with one attached hydrogen (secondary N) is 1. The number of aryl methyl sites for hydroxylation is 1. The van der Waals surface area contributed by atoms with Crippen LogP contribution in [0.3, 0.4) is 0 Å². The molecular formula is C12H21N3O. The molecule has 0 spiro atoms. The maximum atomic E-state index is 5.65. The molecule has 16 heavy (non-hydrogen) atoms. The fraction of sp³-hybridized carbons (Fsp3) is 0.750. The number of nitrogens with zero attached hydrogens (tertiary/aromatic N) is 2. The van der Waals surface area contributed by atoms with Gasteiger partial charge in [0, 0.05) is 18.3 Å². The Hall–Kier alpha value is -0.870. The number of hydrogen-bond donors (Lipinski definition) is 1. The van der Waals surface area contributed by atoms with Gasteiger partial charge >= 0.3 is 0 Å². The monoisotopic (exact) mass is 223 g/mol. The molecule has 1 N–H and O–H groups in total. The molecule has 1 unspecified atom stereocenters. The Kier molecular flexibility index (Phi) is 3.04. The van der Waals surface area contributed by atoms with E-state index in [2.05, 4.69) is 10.6 Å². The molecule has 0 amide bonds. The zero-order chi connectivity index (χ0) is 11.8. The average Bonchev–Trinajstić information content (AvgIpc) is 2.57. The third-order valence-electron chi connectivity index (χ3n) is 2.88. The second-order valence-corrected chi connectivity index (χ2v) is 5.45. The van der Waals surface area contributed by atoms with Crippen LogP contribution in [0, 0.1) is 0 Å². The molecule has 0 aromatic carbocycles. The van der Waals surface area contributed by atoms with Gasteiger partial charge in [0.1, 0.15) is 0 Å². The molecule has 90 valence electrons. The topological polar surface area (TPSA) is 39.1 Å². The fourth-order valence-electron chi connectivity index (χ4n) is 2.08. The Bertz CT molecular complexity index is 365. The van der Waals surface area contributed by atoms with Gasteiger partial charge in [0.25, 0.3) is 0 Å². The van der Waals surface area contributed by atoms with Crippen LogP contribution < -0.4 is 5.48 Å². The Morgan fingerprint density at radius 3 is 2.94 bits per heavy atom. The predicted octanol–water partition coefficient (Wildman–Crippen LogP) is 2.12. The second kappa shape index (κ2) is 4.18. The molecular weight excluding hydrogens is 202 g/mol. The van der Waals surface area contributed by atoms with Crippen LogP contribution in [-0.4, -0.2) is 15.4 Å². The van der Waals surface area contributed by atoms with Crippen molar-refractivity contribution in [3.05, 3.63) is 17.5 Å². The molecule has 2 rings (SSSR count). The number of hydroxylamine groups is 1. The van der Waals surface area contributed by atoms with Crippen molar-refractivity contribution in [2.75, 3.05) is 0 Å². The highest BCUT2D eigenvalue weighted by Gasteiger charge is 2.24. The lowest BCUT2D eigenvalue weighted by atomic mass is 9.94. The van der Waals surface area contributed by atoms with Gasteiger partial charge < -0.3 is 0 Å². The van der Waals surface area contributed by atoms with E-state index in [1.807, 2.05) is 38.7 Å². The van der Waals surface area contributed by atoms with Crippen LogP contribution in [0.15, 0.2) is 6.20 Å². The highest BCUT2D eigenvalue weighted by atomic mass is 16.7. The zero-order valence-electron chi connectivity index (χ0n) is 10.6. The highest BCUT2D eigenvalue weighted by Crippen LogP contribution is 2.29. The molecule has 4 nitrogen and oxygen atoms in total. The minimum absolute atomic E-state index is 0.153. The minimum atomic E-state index is -0.153. The van der Waals surface area contributed by atoms with Gasteiger partial charge in [-0.05, 0) is 40.0 Å². The Labute approximate surface area is 96.9 Å². The molecule has 0 radical (unpaired) electrons. The van der Waals surface area contributed by atoms with Crippen LogP contribution in [-0.2, 0) is 18.3 Å². The lowest BCUT2D eigenvalue weighted by Crippen LogP contribution is -2.33. The van der Waals surface area contributed by atoms with E-state index in [1.165, 1.54) is 17.7 Å². The molecule has 0 aliphatic heterocycles. The van der Waals surface area contributed by atoms with E-state index in [-0.39, 0.29) is 11.6 Å². The van der Waals surface area contributed by atoms with Gasteiger partial charge in [-0.3, -0.25) is 9.52 Å². The van der Waals surface area contributed by atoms with Crippen LogP contribution >= 0.6 is 0 Å². The summed E-state index contributed by atoms with van der Waals surface area (Å²) < 4.78 is 1.97. The summed E-state index contributed by atoms with van der Waals surface area (Å²) in [5.74, 6) is 0. The van der Waals surface area contributed by atoms with Crippen LogP contribution in [0.1, 0.15) is 50.9 Å². The second-order valence-electron chi connectivity index (χ2n) is 5.45. The van der Waals surface area contributed by atoms with E-state index in [4.69, 9.17) is 4.84 Å². The largest absolute Gasteiger partial charge is 0.296 e. The van der Waals surface area contributed by atoms with Crippen molar-refractivity contribution in [1.29, 1.82) is 0 Å². The van der Waals surface area contributed by atoms with Gasteiger partial charge in [0.05, 0.1) is 17.8 Å². The Balaban J connectivity index is 2.08. The van der Waals surface area contributed by atoms with Crippen LogP contribution in [0.25, 0.3) is 0 Å². The van der Waals surface area contributed by atoms with Crippen LogP contribution in [0.4, 0.5) is 0 Å². The molecule has 1 aliphatic carbocycles. The third-order valence-corrected chi connectivity index (χ3v) is 2.88. The quantitative estimate of drug-likeness (QED) is 0.781. The molecule has 0 fully saturated rings. The predicted molar refractivity (Wildman–Crippen MR) is 62.9 cm³/mol. The first kappa shape index (κ1) is 11.6. The van der Waals surface area contributed by atoms with E-state index in [9.17, 15) is 0 Å². The highest BCUT2D eigenvalue weighted by molar-refractivity contribution is 5.24. The maximum absolute atomic E-state index is 5.65. The summed E-state index contributed by atoms with van der Waals surface area (Å²) in [6, 6.07) is 0.289. The molecule has 0 bridgehead atoms. The summed E-state index contributed by atoms with van der Waals surface area (Å²) in [4.78, 5) is 5.65. The van der Waals surface area contributed by atoms with E-state index < -0.39 is 0 Å². The number of aromatic nitrogens is 2. The maximum Gasteiger partial charge on any atom is 0.0813 e. The molecule has 1 atom stereocenters. The molecule has 1 aliphatic rings. The van der Waals surface area contributed by atoms with Crippen LogP contribution in [0.2, 0.25) is 0 Å². The van der Waals surface area contributed by atoms with E-state index in [0.717, 1.165) is 12.8 Å².